The number of methoxy groups -OCH3 is 1. The maximum atomic E-state index is 14.0. The van der Waals surface area contributed by atoms with Crippen molar-refractivity contribution < 1.29 is 9.13 Å². The van der Waals surface area contributed by atoms with E-state index in [-0.39, 0.29) is 18.0 Å². The van der Waals surface area contributed by atoms with Gasteiger partial charge in [0.1, 0.15) is 5.82 Å². The number of nitrogens with zero attached hydrogens (tertiary/aromatic N) is 1. The average molecular weight is 238 g/mol. The molecule has 1 aromatic rings. The van der Waals surface area contributed by atoms with Crippen molar-refractivity contribution >= 4 is 5.69 Å². The fourth-order valence-electron chi connectivity index (χ4n) is 2.20. The molecule has 2 rings (SSSR count). The number of rotatable bonds is 3. The summed E-state index contributed by atoms with van der Waals surface area (Å²) < 4.78 is 19.2. The Labute approximate surface area is 101 Å². The molecule has 17 heavy (non-hydrogen) atoms. The van der Waals surface area contributed by atoms with Crippen LogP contribution in [-0.2, 0) is 4.74 Å². The van der Waals surface area contributed by atoms with Crippen LogP contribution in [0.15, 0.2) is 18.2 Å². The lowest BCUT2D eigenvalue weighted by Crippen LogP contribution is -2.23. The average Bonchev–Trinajstić information content (AvgIpc) is 2.77. The molecule has 1 aliphatic heterocycles. The van der Waals surface area contributed by atoms with E-state index in [1.54, 1.807) is 7.11 Å². The van der Waals surface area contributed by atoms with Gasteiger partial charge in [-0.05, 0) is 31.0 Å². The minimum atomic E-state index is -0.198. The molecule has 2 atom stereocenters. The molecule has 0 aromatic heterocycles. The lowest BCUT2D eigenvalue weighted by atomic mass is 10.1. The van der Waals surface area contributed by atoms with E-state index in [9.17, 15) is 4.39 Å². The largest absolute Gasteiger partial charge is 0.380 e. The van der Waals surface area contributed by atoms with Crippen LogP contribution in [0, 0.1) is 5.82 Å². The third kappa shape index (κ3) is 2.58. The first kappa shape index (κ1) is 12.3. The first-order valence-corrected chi connectivity index (χ1v) is 5.94. The minimum absolute atomic E-state index is 0.135. The maximum Gasteiger partial charge on any atom is 0.146 e. The van der Waals surface area contributed by atoms with Crippen molar-refractivity contribution in [1.82, 2.24) is 0 Å². The van der Waals surface area contributed by atoms with Gasteiger partial charge in [-0.1, -0.05) is 6.07 Å². The van der Waals surface area contributed by atoms with Gasteiger partial charge in [0, 0.05) is 26.2 Å². The van der Waals surface area contributed by atoms with E-state index in [1.807, 2.05) is 24.0 Å². The summed E-state index contributed by atoms with van der Waals surface area (Å²) in [6.45, 7) is 3.45. The molecule has 1 unspecified atom stereocenters. The zero-order valence-corrected chi connectivity index (χ0v) is 10.3. The number of benzene rings is 1. The summed E-state index contributed by atoms with van der Waals surface area (Å²) in [7, 11) is 1.70. The quantitative estimate of drug-likeness (QED) is 0.876. The number of nitrogens with two attached hydrogens (primary N) is 1. The zero-order valence-electron chi connectivity index (χ0n) is 10.3. The first-order valence-electron chi connectivity index (χ1n) is 5.94. The van der Waals surface area contributed by atoms with E-state index in [2.05, 4.69) is 0 Å². The van der Waals surface area contributed by atoms with E-state index < -0.39 is 0 Å². The van der Waals surface area contributed by atoms with E-state index in [4.69, 9.17) is 10.5 Å². The molecule has 0 aliphatic carbocycles. The van der Waals surface area contributed by atoms with E-state index in [0.29, 0.717) is 5.69 Å². The fraction of sp³-hybridized carbons (Fsp3) is 0.538. The SMILES string of the molecule is COC1CCN(c2ccc([C@H](C)N)cc2F)C1. The number of anilines is 1. The second-order valence-electron chi connectivity index (χ2n) is 4.59. The zero-order chi connectivity index (χ0) is 12.4. The van der Waals surface area contributed by atoms with Crippen LogP contribution < -0.4 is 10.6 Å². The summed E-state index contributed by atoms with van der Waals surface area (Å²) in [6, 6.07) is 5.10. The molecule has 94 valence electrons. The monoisotopic (exact) mass is 238 g/mol. The number of hydrogen-bond donors (Lipinski definition) is 1. The summed E-state index contributed by atoms with van der Waals surface area (Å²) in [5, 5.41) is 0. The number of halogens is 1. The highest BCUT2D eigenvalue weighted by Gasteiger charge is 2.24. The molecule has 4 heteroatoms. The van der Waals surface area contributed by atoms with Gasteiger partial charge in [0.2, 0.25) is 0 Å². The molecule has 3 nitrogen and oxygen atoms in total. The van der Waals surface area contributed by atoms with Gasteiger partial charge in [-0.3, -0.25) is 0 Å². The lowest BCUT2D eigenvalue weighted by molar-refractivity contribution is 0.121. The lowest BCUT2D eigenvalue weighted by Gasteiger charge is -2.20. The molecule has 0 amide bonds. The summed E-state index contributed by atoms with van der Waals surface area (Å²) in [5.74, 6) is -0.198. The van der Waals surface area contributed by atoms with Crippen molar-refractivity contribution in [2.45, 2.75) is 25.5 Å². The predicted octanol–water partition coefficient (Wildman–Crippen LogP) is 2.07. The van der Waals surface area contributed by atoms with Crippen LogP contribution in [0.1, 0.15) is 24.9 Å². The summed E-state index contributed by atoms with van der Waals surface area (Å²) >= 11 is 0. The standard InChI is InChI=1S/C13H19FN2O/c1-9(15)10-3-4-13(12(14)7-10)16-6-5-11(8-16)17-2/h3-4,7,9,11H,5-6,8,15H2,1-2H3/t9-,11?/m0/s1. The second-order valence-corrected chi connectivity index (χ2v) is 4.59. The van der Waals surface area contributed by atoms with Crippen molar-refractivity contribution in [2.24, 2.45) is 5.73 Å². The smallest absolute Gasteiger partial charge is 0.146 e. The van der Waals surface area contributed by atoms with Crippen LogP contribution in [0.4, 0.5) is 10.1 Å². The Balaban J connectivity index is 2.17. The Kier molecular flexibility index (Phi) is 3.64. The van der Waals surface area contributed by atoms with Crippen LogP contribution in [0.5, 0.6) is 0 Å². The molecule has 0 spiro atoms. The molecule has 1 saturated heterocycles. The molecular formula is C13H19FN2O. The summed E-state index contributed by atoms with van der Waals surface area (Å²) in [4.78, 5) is 2.02. The van der Waals surface area contributed by atoms with Crippen molar-refractivity contribution in [3.8, 4) is 0 Å². The Morgan fingerprint density at radius 1 is 1.53 bits per heavy atom. The number of ether oxygens (including phenoxy) is 1. The highest BCUT2D eigenvalue weighted by atomic mass is 19.1. The van der Waals surface area contributed by atoms with E-state index in [1.165, 1.54) is 6.07 Å². The third-order valence-electron chi connectivity index (χ3n) is 3.32. The molecule has 1 aliphatic rings. The van der Waals surface area contributed by atoms with Crippen LogP contribution >= 0.6 is 0 Å². The number of hydrogen-bond acceptors (Lipinski definition) is 3. The molecule has 2 N–H and O–H groups in total. The van der Waals surface area contributed by atoms with Crippen LogP contribution in [0.25, 0.3) is 0 Å². The van der Waals surface area contributed by atoms with Crippen molar-refractivity contribution in [1.29, 1.82) is 0 Å². The molecule has 1 aromatic carbocycles. The maximum absolute atomic E-state index is 14.0. The van der Waals surface area contributed by atoms with Crippen LogP contribution in [-0.4, -0.2) is 26.3 Å². The fourth-order valence-corrected chi connectivity index (χ4v) is 2.20. The summed E-state index contributed by atoms with van der Waals surface area (Å²) in [5.41, 5.74) is 7.20. The van der Waals surface area contributed by atoms with E-state index in [0.717, 1.165) is 25.1 Å². The highest BCUT2D eigenvalue weighted by Crippen LogP contribution is 2.26. The van der Waals surface area contributed by atoms with Crippen molar-refractivity contribution in [3.05, 3.63) is 29.6 Å². The molecular weight excluding hydrogens is 219 g/mol. The van der Waals surface area contributed by atoms with Crippen LogP contribution in [0.3, 0.4) is 0 Å². The van der Waals surface area contributed by atoms with Gasteiger partial charge in [0.25, 0.3) is 0 Å². The Morgan fingerprint density at radius 2 is 2.29 bits per heavy atom. The normalized spacial score (nSPS) is 21.9. The Morgan fingerprint density at radius 3 is 2.82 bits per heavy atom. The molecule has 0 bridgehead atoms. The van der Waals surface area contributed by atoms with Gasteiger partial charge in [-0.2, -0.15) is 0 Å². The van der Waals surface area contributed by atoms with E-state index >= 15 is 0 Å². The minimum Gasteiger partial charge on any atom is -0.380 e. The molecule has 1 heterocycles. The van der Waals surface area contributed by atoms with Crippen molar-refractivity contribution in [3.63, 3.8) is 0 Å². The molecule has 0 saturated carbocycles. The van der Waals surface area contributed by atoms with Crippen molar-refractivity contribution in [2.75, 3.05) is 25.1 Å². The predicted molar refractivity (Wildman–Crippen MR) is 66.6 cm³/mol. The topological polar surface area (TPSA) is 38.5 Å². The first-order chi connectivity index (χ1) is 8.11. The van der Waals surface area contributed by atoms with Gasteiger partial charge >= 0.3 is 0 Å². The molecule has 1 fully saturated rings. The summed E-state index contributed by atoms with van der Waals surface area (Å²) in [6.07, 6.45) is 1.16. The van der Waals surface area contributed by atoms with Gasteiger partial charge in [0.15, 0.2) is 0 Å². The van der Waals surface area contributed by atoms with Gasteiger partial charge < -0.3 is 15.4 Å². The van der Waals surface area contributed by atoms with Crippen LogP contribution in [0.2, 0.25) is 0 Å². The third-order valence-corrected chi connectivity index (χ3v) is 3.32. The molecule has 0 radical (unpaired) electrons. The Hall–Kier alpha value is -1.13. The van der Waals surface area contributed by atoms with Gasteiger partial charge in [-0.15, -0.1) is 0 Å². The second kappa shape index (κ2) is 5.02. The highest BCUT2D eigenvalue weighted by molar-refractivity contribution is 5.50. The Bertz CT molecular complexity index is 395. The van der Waals surface area contributed by atoms with Gasteiger partial charge in [0.05, 0.1) is 11.8 Å². The van der Waals surface area contributed by atoms with Gasteiger partial charge in [-0.25, -0.2) is 4.39 Å².